The molecule has 100 valence electrons. The van der Waals surface area contributed by atoms with Gasteiger partial charge in [0.05, 0.1) is 7.11 Å². The lowest BCUT2D eigenvalue weighted by molar-refractivity contribution is 0.398. The fourth-order valence-corrected chi connectivity index (χ4v) is 1.79. The van der Waals surface area contributed by atoms with E-state index in [4.69, 9.17) is 10.5 Å². The second-order valence-corrected chi connectivity index (χ2v) is 4.21. The number of hydrogen-bond donors (Lipinski definition) is 1. The van der Waals surface area contributed by atoms with Crippen LogP contribution in [-0.2, 0) is 6.42 Å². The summed E-state index contributed by atoms with van der Waals surface area (Å²) in [5, 5.41) is 0. The van der Waals surface area contributed by atoms with Gasteiger partial charge in [0.2, 0.25) is 11.8 Å². The van der Waals surface area contributed by atoms with E-state index in [1.165, 1.54) is 5.56 Å². The molecule has 0 aliphatic heterocycles. The van der Waals surface area contributed by atoms with E-state index in [-0.39, 0.29) is 5.95 Å². The fourth-order valence-electron chi connectivity index (χ4n) is 1.79. The highest BCUT2D eigenvalue weighted by Crippen LogP contribution is 2.25. The first-order valence-electron chi connectivity index (χ1n) is 6.15. The molecule has 0 fully saturated rings. The molecule has 2 N–H and O–H groups in total. The number of anilines is 3. The Hall–Kier alpha value is -2.30. The summed E-state index contributed by atoms with van der Waals surface area (Å²) in [6, 6.07) is 10.1. The zero-order valence-electron chi connectivity index (χ0n) is 11.4. The SMILES string of the molecule is CCc1ccc(N(C)c2cc(OC)nc(N)n2)cc1. The van der Waals surface area contributed by atoms with Crippen molar-refractivity contribution in [3.8, 4) is 5.88 Å². The zero-order valence-corrected chi connectivity index (χ0v) is 11.4. The molecule has 0 aliphatic rings. The molecule has 1 heterocycles. The van der Waals surface area contributed by atoms with Gasteiger partial charge in [-0.15, -0.1) is 0 Å². The van der Waals surface area contributed by atoms with Gasteiger partial charge in [-0.3, -0.25) is 0 Å². The highest BCUT2D eigenvalue weighted by atomic mass is 16.5. The van der Waals surface area contributed by atoms with Crippen LogP contribution < -0.4 is 15.4 Å². The molecule has 0 saturated carbocycles. The minimum absolute atomic E-state index is 0.200. The minimum Gasteiger partial charge on any atom is -0.481 e. The van der Waals surface area contributed by atoms with Crippen LogP contribution in [-0.4, -0.2) is 24.1 Å². The second-order valence-electron chi connectivity index (χ2n) is 4.21. The normalized spacial score (nSPS) is 10.3. The van der Waals surface area contributed by atoms with Crippen molar-refractivity contribution in [3.05, 3.63) is 35.9 Å². The summed E-state index contributed by atoms with van der Waals surface area (Å²) in [5.41, 5.74) is 8.01. The summed E-state index contributed by atoms with van der Waals surface area (Å²) >= 11 is 0. The molecule has 19 heavy (non-hydrogen) atoms. The van der Waals surface area contributed by atoms with E-state index in [1.54, 1.807) is 13.2 Å². The van der Waals surface area contributed by atoms with Crippen molar-refractivity contribution in [2.45, 2.75) is 13.3 Å². The maximum absolute atomic E-state index is 5.67. The molecule has 5 heteroatoms. The van der Waals surface area contributed by atoms with Gasteiger partial charge in [-0.05, 0) is 24.1 Å². The van der Waals surface area contributed by atoms with Crippen molar-refractivity contribution in [2.75, 3.05) is 24.8 Å². The number of nitrogens with two attached hydrogens (primary N) is 1. The molecule has 0 spiro atoms. The lowest BCUT2D eigenvalue weighted by atomic mass is 10.1. The monoisotopic (exact) mass is 258 g/mol. The van der Waals surface area contributed by atoms with Crippen molar-refractivity contribution in [1.29, 1.82) is 0 Å². The third kappa shape index (κ3) is 2.93. The van der Waals surface area contributed by atoms with Crippen molar-refractivity contribution in [3.63, 3.8) is 0 Å². The summed E-state index contributed by atoms with van der Waals surface area (Å²) in [7, 11) is 3.49. The predicted molar refractivity (Wildman–Crippen MR) is 76.9 cm³/mol. The van der Waals surface area contributed by atoms with Gasteiger partial charge < -0.3 is 15.4 Å². The lowest BCUT2D eigenvalue weighted by Crippen LogP contribution is -2.13. The fraction of sp³-hybridized carbons (Fsp3) is 0.286. The molecular weight excluding hydrogens is 240 g/mol. The van der Waals surface area contributed by atoms with Gasteiger partial charge in [0.1, 0.15) is 5.82 Å². The van der Waals surface area contributed by atoms with E-state index in [1.807, 2.05) is 11.9 Å². The molecule has 0 bridgehead atoms. The first-order chi connectivity index (χ1) is 9.13. The molecule has 0 radical (unpaired) electrons. The van der Waals surface area contributed by atoms with Crippen LogP contribution in [0.5, 0.6) is 5.88 Å². The van der Waals surface area contributed by atoms with Crippen LogP contribution >= 0.6 is 0 Å². The van der Waals surface area contributed by atoms with Crippen LogP contribution in [0.15, 0.2) is 30.3 Å². The van der Waals surface area contributed by atoms with Crippen LogP contribution in [0.3, 0.4) is 0 Å². The Labute approximate surface area is 113 Å². The highest BCUT2D eigenvalue weighted by Gasteiger charge is 2.09. The number of hydrogen-bond acceptors (Lipinski definition) is 5. The van der Waals surface area contributed by atoms with Crippen LogP contribution in [0.2, 0.25) is 0 Å². The average molecular weight is 258 g/mol. The third-order valence-electron chi connectivity index (χ3n) is 2.99. The maximum Gasteiger partial charge on any atom is 0.225 e. The number of aromatic nitrogens is 2. The molecular formula is C14H18N4O. The van der Waals surface area contributed by atoms with Gasteiger partial charge in [-0.25, -0.2) is 0 Å². The number of nitrogen functional groups attached to an aromatic ring is 1. The van der Waals surface area contributed by atoms with Crippen LogP contribution in [0.4, 0.5) is 17.5 Å². The van der Waals surface area contributed by atoms with Gasteiger partial charge in [-0.1, -0.05) is 19.1 Å². The summed E-state index contributed by atoms with van der Waals surface area (Å²) in [4.78, 5) is 10.1. The number of aryl methyl sites for hydroxylation is 1. The Morgan fingerprint density at radius 3 is 2.47 bits per heavy atom. The van der Waals surface area contributed by atoms with Gasteiger partial charge in [0, 0.05) is 18.8 Å². The number of methoxy groups -OCH3 is 1. The van der Waals surface area contributed by atoms with Crippen molar-refractivity contribution in [1.82, 2.24) is 9.97 Å². The van der Waals surface area contributed by atoms with Gasteiger partial charge >= 0.3 is 0 Å². The topological polar surface area (TPSA) is 64.3 Å². The standard InChI is InChI=1S/C14H18N4O/c1-4-10-5-7-11(8-6-10)18(2)12-9-13(19-3)17-14(15)16-12/h5-9H,4H2,1-3H3,(H2,15,16,17). The minimum atomic E-state index is 0.200. The van der Waals surface area contributed by atoms with E-state index >= 15 is 0 Å². The van der Waals surface area contributed by atoms with Gasteiger partial charge in [0.25, 0.3) is 0 Å². The first kappa shape index (κ1) is 13.1. The Morgan fingerprint density at radius 2 is 1.89 bits per heavy atom. The van der Waals surface area contributed by atoms with E-state index < -0.39 is 0 Å². The smallest absolute Gasteiger partial charge is 0.225 e. The Balaban J connectivity index is 2.31. The molecule has 2 rings (SSSR count). The summed E-state index contributed by atoms with van der Waals surface area (Å²) in [6.45, 7) is 2.13. The zero-order chi connectivity index (χ0) is 13.8. The van der Waals surface area contributed by atoms with Crippen LogP contribution in [0.1, 0.15) is 12.5 Å². The van der Waals surface area contributed by atoms with Gasteiger partial charge in [-0.2, -0.15) is 9.97 Å². The Kier molecular flexibility index (Phi) is 3.85. The molecule has 1 aromatic carbocycles. The third-order valence-corrected chi connectivity index (χ3v) is 2.99. The highest BCUT2D eigenvalue weighted by molar-refractivity contribution is 5.61. The van der Waals surface area contributed by atoms with E-state index in [2.05, 4.69) is 41.2 Å². The van der Waals surface area contributed by atoms with Crippen molar-refractivity contribution in [2.24, 2.45) is 0 Å². The summed E-state index contributed by atoms with van der Waals surface area (Å²) in [5.74, 6) is 1.36. The maximum atomic E-state index is 5.67. The molecule has 1 aromatic heterocycles. The van der Waals surface area contributed by atoms with E-state index in [9.17, 15) is 0 Å². The molecule has 0 saturated heterocycles. The number of nitrogens with zero attached hydrogens (tertiary/aromatic N) is 3. The van der Waals surface area contributed by atoms with Crippen LogP contribution in [0.25, 0.3) is 0 Å². The molecule has 0 atom stereocenters. The molecule has 5 nitrogen and oxygen atoms in total. The number of rotatable bonds is 4. The summed E-state index contributed by atoms with van der Waals surface area (Å²) < 4.78 is 5.10. The summed E-state index contributed by atoms with van der Waals surface area (Å²) in [6.07, 6.45) is 1.03. The van der Waals surface area contributed by atoms with Crippen molar-refractivity contribution >= 4 is 17.5 Å². The molecule has 2 aromatic rings. The van der Waals surface area contributed by atoms with Gasteiger partial charge in [0.15, 0.2) is 0 Å². The van der Waals surface area contributed by atoms with E-state index in [0.29, 0.717) is 11.7 Å². The van der Waals surface area contributed by atoms with E-state index in [0.717, 1.165) is 12.1 Å². The Bertz CT molecular complexity index is 554. The average Bonchev–Trinajstić information content (AvgIpc) is 2.46. The lowest BCUT2D eigenvalue weighted by Gasteiger charge is -2.19. The number of ether oxygens (including phenoxy) is 1. The largest absolute Gasteiger partial charge is 0.481 e. The molecule has 0 amide bonds. The Morgan fingerprint density at radius 1 is 1.21 bits per heavy atom. The first-order valence-corrected chi connectivity index (χ1v) is 6.15. The second kappa shape index (κ2) is 5.56. The predicted octanol–water partition coefficient (Wildman–Crippen LogP) is 2.40. The van der Waals surface area contributed by atoms with Crippen molar-refractivity contribution < 1.29 is 4.74 Å². The quantitative estimate of drug-likeness (QED) is 0.912. The number of benzene rings is 1. The molecule has 0 unspecified atom stereocenters. The van der Waals surface area contributed by atoms with Crippen LogP contribution in [0, 0.1) is 0 Å². The molecule has 0 aliphatic carbocycles.